The molecule has 0 spiro atoms. The van der Waals surface area contributed by atoms with Crippen molar-refractivity contribution >= 4 is 44.9 Å². The molecule has 2 nitrogen and oxygen atoms in total. The SMILES string of the molecule is CC1(C)c2cc(N(c3ccccc3)c3ccc(F)cc3)ccc2-c2cc3ccc(N(c4ccccc4)c4ccc(F)cc4)cc3cc21. The quantitative estimate of drug-likeness (QED) is 0.184. The molecule has 7 aromatic carbocycles. The summed E-state index contributed by atoms with van der Waals surface area (Å²) in [5, 5.41) is 2.30. The lowest BCUT2D eigenvalue weighted by atomic mass is 9.81. The average molecular weight is 615 g/mol. The van der Waals surface area contributed by atoms with E-state index in [1.807, 2.05) is 60.7 Å². The third-order valence-electron chi connectivity index (χ3n) is 9.32. The first-order chi connectivity index (χ1) is 22.9. The summed E-state index contributed by atoms with van der Waals surface area (Å²) in [7, 11) is 0. The monoisotopic (exact) mass is 614 g/mol. The van der Waals surface area contributed by atoms with Crippen LogP contribution in [0.1, 0.15) is 25.0 Å². The fourth-order valence-corrected chi connectivity index (χ4v) is 6.96. The maximum absolute atomic E-state index is 13.9. The summed E-state index contributed by atoms with van der Waals surface area (Å²) in [4.78, 5) is 4.33. The van der Waals surface area contributed by atoms with Gasteiger partial charge in [-0.25, -0.2) is 8.78 Å². The van der Waals surface area contributed by atoms with Crippen LogP contribution in [0.25, 0.3) is 21.9 Å². The van der Waals surface area contributed by atoms with Crippen LogP contribution in [0, 0.1) is 11.6 Å². The minimum absolute atomic E-state index is 0.257. The van der Waals surface area contributed by atoms with Crippen LogP contribution in [-0.4, -0.2) is 0 Å². The van der Waals surface area contributed by atoms with E-state index in [0.29, 0.717) is 0 Å². The summed E-state index contributed by atoms with van der Waals surface area (Å²) < 4.78 is 27.8. The summed E-state index contributed by atoms with van der Waals surface area (Å²) in [6.45, 7) is 4.58. The predicted molar refractivity (Wildman–Crippen MR) is 191 cm³/mol. The molecule has 4 heteroatoms. The van der Waals surface area contributed by atoms with Crippen LogP contribution in [0.15, 0.2) is 158 Å². The van der Waals surface area contributed by atoms with Gasteiger partial charge in [-0.1, -0.05) is 62.4 Å². The normalized spacial score (nSPS) is 12.9. The van der Waals surface area contributed by atoms with Gasteiger partial charge in [-0.2, -0.15) is 0 Å². The van der Waals surface area contributed by atoms with Gasteiger partial charge in [0.25, 0.3) is 0 Å². The molecule has 8 rings (SSSR count). The molecule has 0 heterocycles. The van der Waals surface area contributed by atoms with Gasteiger partial charge in [0.2, 0.25) is 0 Å². The molecule has 0 atom stereocenters. The fourth-order valence-electron chi connectivity index (χ4n) is 6.96. The first-order valence-electron chi connectivity index (χ1n) is 15.8. The van der Waals surface area contributed by atoms with Gasteiger partial charge < -0.3 is 9.80 Å². The lowest BCUT2D eigenvalue weighted by Gasteiger charge is -2.28. The lowest BCUT2D eigenvalue weighted by Crippen LogP contribution is -2.16. The molecule has 0 amide bonds. The van der Waals surface area contributed by atoms with Gasteiger partial charge in [0.15, 0.2) is 0 Å². The summed E-state index contributed by atoms with van der Waals surface area (Å²) in [5.41, 5.74) is 10.6. The van der Waals surface area contributed by atoms with E-state index < -0.39 is 0 Å². The van der Waals surface area contributed by atoms with Crippen molar-refractivity contribution in [1.29, 1.82) is 0 Å². The number of fused-ring (bicyclic) bond motifs is 4. The molecule has 228 valence electrons. The molecule has 0 unspecified atom stereocenters. The number of hydrogen-bond donors (Lipinski definition) is 0. The van der Waals surface area contributed by atoms with E-state index in [0.717, 1.165) is 44.9 Å². The van der Waals surface area contributed by atoms with Crippen LogP contribution in [-0.2, 0) is 5.41 Å². The zero-order chi connectivity index (χ0) is 32.1. The van der Waals surface area contributed by atoms with Crippen molar-refractivity contribution in [3.05, 3.63) is 180 Å². The van der Waals surface area contributed by atoms with Crippen molar-refractivity contribution in [2.24, 2.45) is 0 Å². The van der Waals surface area contributed by atoms with Crippen LogP contribution in [0.4, 0.5) is 42.9 Å². The van der Waals surface area contributed by atoms with Crippen LogP contribution in [0.2, 0.25) is 0 Å². The number of nitrogens with zero attached hydrogens (tertiary/aromatic N) is 2. The maximum atomic E-state index is 13.9. The van der Waals surface area contributed by atoms with Gasteiger partial charge in [-0.05, 0) is 142 Å². The number of halogens is 2. The van der Waals surface area contributed by atoms with E-state index in [1.54, 1.807) is 0 Å². The topological polar surface area (TPSA) is 6.48 Å². The highest BCUT2D eigenvalue weighted by Gasteiger charge is 2.36. The van der Waals surface area contributed by atoms with Crippen LogP contribution in [0.5, 0.6) is 0 Å². The van der Waals surface area contributed by atoms with E-state index in [9.17, 15) is 8.78 Å². The van der Waals surface area contributed by atoms with Crippen LogP contribution < -0.4 is 9.80 Å². The highest BCUT2D eigenvalue weighted by Crippen LogP contribution is 2.52. The lowest BCUT2D eigenvalue weighted by molar-refractivity contribution is 0.627. The molecule has 0 aliphatic heterocycles. The number of anilines is 6. The van der Waals surface area contributed by atoms with Gasteiger partial charge >= 0.3 is 0 Å². The van der Waals surface area contributed by atoms with Gasteiger partial charge in [0, 0.05) is 39.5 Å². The fraction of sp³-hybridized carbons (Fsp3) is 0.0698. The smallest absolute Gasteiger partial charge is 0.123 e. The average Bonchev–Trinajstić information content (AvgIpc) is 3.31. The molecule has 0 N–H and O–H groups in total. The van der Waals surface area contributed by atoms with Gasteiger partial charge in [-0.15, -0.1) is 0 Å². The second kappa shape index (κ2) is 11.3. The van der Waals surface area contributed by atoms with E-state index in [2.05, 4.69) is 96.4 Å². The van der Waals surface area contributed by atoms with Gasteiger partial charge in [0.05, 0.1) is 0 Å². The Morgan fingerprint density at radius 1 is 0.383 bits per heavy atom. The van der Waals surface area contributed by atoms with Gasteiger partial charge in [-0.3, -0.25) is 0 Å². The van der Waals surface area contributed by atoms with Crippen LogP contribution >= 0.6 is 0 Å². The third-order valence-corrected chi connectivity index (χ3v) is 9.32. The van der Waals surface area contributed by atoms with E-state index in [-0.39, 0.29) is 17.0 Å². The van der Waals surface area contributed by atoms with Gasteiger partial charge in [0.1, 0.15) is 11.6 Å². The van der Waals surface area contributed by atoms with E-state index >= 15 is 0 Å². The molecule has 47 heavy (non-hydrogen) atoms. The van der Waals surface area contributed by atoms with Crippen molar-refractivity contribution < 1.29 is 8.78 Å². The minimum Gasteiger partial charge on any atom is -0.310 e. The molecule has 1 aliphatic rings. The van der Waals surface area contributed by atoms with Crippen molar-refractivity contribution in [1.82, 2.24) is 0 Å². The Hall–Kier alpha value is -5.74. The summed E-state index contributed by atoms with van der Waals surface area (Å²) in [6, 6.07) is 51.5. The summed E-state index contributed by atoms with van der Waals surface area (Å²) in [5.74, 6) is -0.516. The summed E-state index contributed by atoms with van der Waals surface area (Å²) in [6.07, 6.45) is 0. The van der Waals surface area contributed by atoms with Crippen molar-refractivity contribution in [2.75, 3.05) is 9.80 Å². The molecule has 0 bridgehead atoms. The Bertz CT molecular complexity index is 2230. The highest BCUT2D eigenvalue weighted by atomic mass is 19.1. The first-order valence-corrected chi connectivity index (χ1v) is 15.8. The second-order valence-electron chi connectivity index (χ2n) is 12.6. The minimum atomic E-state index is -0.259. The molecule has 7 aromatic rings. The molecular formula is C43H32F2N2. The Morgan fingerprint density at radius 2 is 0.830 bits per heavy atom. The highest BCUT2D eigenvalue weighted by molar-refractivity contribution is 5.97. The Morgan fingerprint density at radius 3 is 1.38 bits per heavy atom. The zero-order valence-electron chi connectivity index (χ0n) is 26.2. The molecule has 0 saturated heterocycles. The molecule has 0 saturated carbocycles. The number of hydrogen-bond acceptors (Lipinski definition) is 2. The summed E-state index contributed by atoms with van der Waals surface area (Å²) >= 11 is 0. The van der Waals surface area contributed by atoms with Crippen molar-refractivity contribution in [3.63, 3.8) is 0 Å². The predicted octanol–water partition coefficient (Wildman–Crippen LogP) is 12.4. The Kier molecular flexibility index (Phi) is 6.87. The Labute approximate surface area is 273 Å². The van der Waals surface area contributed by atoms with E-state index in [4.69, 9.17) is 0 Å². The largest absolute Gasteiger partial charge is 0.310 e. The Balaban J connectivity index is 1.23. The van der Waals surface area contributed by atoms with E-state index in [1.165, 1.54) is 46.5 Å². The molecular weight excluding hydrogens is 582 g/mol. The number of para-hydroxylation sites is 2. The molecule has 1 aliphatic carbocycles. The van der Waals surface area contributed by atoms with Crippen molar-refractivity contribution in [3.8, 4) is 11.1 Å². The standard InChI is InChI=1S/C43H32F2N2/c1-43(2)41-27-30-25-37(46(33-9-5-3-6-10-33)35-19-14-31(44)15-20-35)18-13-29(30)26-40(41)39-24-23-38(28-42(39)43)47(34-11-7-4-8-12-34)36-21-16-32(45)17-22-36/h3-28H,1-2H3. The molecule has 0 radical (unpaired) electrons. The number of rotatable bonds is 6. The second-order valence-corrected chi connectivity index (χ2v) is 12.6. The third kappa shape index (κ3) is 5.03. The first kappa shape index (κ1) is 28.7. The molecule has 0 aromatic heterocycles. The van der Waals surface area contributed by atoms with Crippen molar-refractivity contribution in [2.45, 2.75) is 19.3 Å². The zero-order valence-corrected chi connectivity index (χ0v) is 26.2. The molecule has 0 fully saturated rings. The van der Waals surface area contributed by atoms with Crippen LogP contribution in [0.3, 0.4) is 0 Å². The maximum Gasteiger partial charge on any atom is 0.123 e. The number of benzene rings is 7.